The van der Waals surface area contributed by atoms with Crippen molar-refractivity contribution in [1.29, 1.82) is 0 Å². The molecule has 1 atom stereocenters. The quantitative estimate of drug-likeness (QED) is 0.0968. The molecule has 0 saturated carbocycles. The monoisotopic (exact) mass is 644 g/mol. The molecule has 1 unspecified atom stereocenters. The highest BCUT2D eigenvalue weighted by molar-refractivity contribution is 5.92. The first-order valence-electron chi connectivity index (χ1n) is 15.6. The lowest BCUT2D eigenvalue weighted by Gasteiger charge is -2.21. The number of carbonyl (C=O) groups excluding carboxylic acids is 2. The van der Waals surface area contributed by atoms with Gasteiger partial charge < -0.3 is 34.7 Å². The molecule has 0 radical (unpaired) electrons. The summed E-state index contributed by atoms with van der Waals surface area (Å²) in [6.07, 6.45) is 1.34. The van der Waals surface area contributed by atoms with Crippen LogP contribution < -0.4 is 20.3 Å². The van der Waals surface area contributed by atoms with Crippen LogP contribution in [0.1, 0.15) is 11.1 Å². The van der Waals surface area contributed by atoms with Crippen molar-refractivity contribution in [3.8, 4) is 5.75 Å². The average molecular weight is 645 g/mol. The van der Waals surface area contributed by atoms with Crippen LogP contribution in [0.2, 0.25) is 0 Å². The number of amides is 1. The van der Waals surface area contributed by atoms with E-state index in [0.29, 0.717) is 11.8 Å². The third-order valence-corrected chi connectivity index (χ3v) is 7.88. The molecule has 6 aromatic rings. The lowest BCUT2D eigenvalue weighted by atomic mass is 10.1. The molecule has 4 aromatic carbocycles. The fourth-order valence-electron chi connectivity index (χ4n) is 5.36. The van der Waals surface area contributed by atoms with Crippen molar-refractivity contribution in [2.45, 2.75) is 19.1 Å². The summed E-state index contributed by atoms with van der Waals surface area (Å²) in [5.74, 6) is 1.28. The van der Waals surface area contributed by atoms with Crippen LogP contribution in [-0.2, 0) is 27.3 Å². The highest BCUT2D eigenvalue weighted by Gasteiger charge is 2.25. The summed E-state index contributed by atoms with van der Waals surface area (Å²) in [6, 6.07) is 31.6. The standard InChI is InChI=1S/C37H36N6O5/c1-43(27-16-18-28(46-2)19-17-27)34-30-13-7-9-15-32(30)40-36(42-34)38-20-21-47-35(44)33(22-26-23-39-31-14-8-6-12-29(26)31)41-37(45)48-24-25-10-4-3-5-11-25/h3-19,23,33,39H,20-22,24H2,1-2H3,(H,41,45)(H,38,40,42). The van der Waals surface area contributed by atoms with E-state index in [2.05, 4.69) is 20.6 Å². The number of fused-ring (bicyclic) bond motifs is 2. The van der Waals surface area contributed by atoms with E-state index in [1.807, 2.05) is 121 Å². The van der Waals surface area contributed by atoms with Crippen molar-refractivity contribution >= 4 is 51.3 Å². The number of para-hydroxylation sites is 2. The number of nitrogens with zero attached hydrogens (tertiary/aromatic N) is 3. The molecule has 2 aromatic heterocycles. The number of hydrogen-bond donors (Lipinski definition) is 3. The number of esters is 1. The van der Waals surface area contributed by atoms with Crippen LogP contribution in [-0.4, -0.2) is 60.4 Å². The van der Waals surface area contributed by atoms with Crippen molar-refractivity contribution in [2.75, 3.05) is 37.5 Å². The van der Waals surface area contributed by atoms with Gasteiger partial charge in [-0.25, -0.2) is 14.6 Å². The first-order chi connectivity index (χ1) is 23.5. The van der Waals surface area contributed by atoms with Gasteiger partial charge in [0.05, 0.1) is 19.2 Å². The second-order valence-corrected chi connectivity index (χ2v) is 11.1. The number of alkyl carbamates (subject to hydrolysis) is 1. The Morgan fingerprint density at radius 2 is 1.58 bits per heavy atom. The van der Waals surface area contributed by atoms with Crippen molar-refractivity contribution in [3.63, 3.8) is 0 Å². The minimum absolute atomic E-state index is 0.0177. The van der Waals surface area contributed by atoms with Gasteiger partial charge in [0.15, 0.2) is 0 Å². The molecule has 1 amide bonds. The Balaban J connectivity index is 1.12. The van der Waals surface area contributed by atoms with Crippen molar-refractivity contribution < 1.29 is 23.8 Å². The van der Waals surface area contributed by atoms with Crippen LogP contribution in [0, 0.1) is 0 Å². The maximum atomic E-state index is 13.4. The minimum Gasteiger partial charge on any atom is -0.497 e. The lowest BCUT2D eigenvalue weighted by molar-refractivity contribution is -0.145. The molecule has 0 bridgehead atoms. The molecule has 244 valence electrons. The molecule has 2 heterocycles. The Kier molecular flexibility index (Phi) is 9.95. The first-order valence-corrected chi connectivity index (χ1v) is 15.6. The summed E-state index contributed by atoms with van der Waals surface area (Å²) in [4.78, 5) is 40.8. The fourth-order valence-corrected chi connectivity index (χ4v) is 5.36. The number of carbonyl (C=O) groups is 2. The van der Waals surface area contributed by atoms with E-state index in [-0.39, 0.29) is 26.2 Å². The zero-order valence-electron chi connectivity index (χ0n) is 26.7. The molecule has 6 rings (SSSR count). The smallest absolute Gasteiger partial charge is 0.408 e. The van der Waals surface area contributed by atoms with Gasteiger partial charge in [-0.05, 0) is 53.6 Å². The number of H-pyrrole nitrogens is 1. The summed E-state index contributed by atoms with van der Waals surface area (Å²) < 4.78 is 16.4. The lowest BCUT2D eigenvalue weighted by Crippen LogP contribution is -2.44. The van der Waals surface area contributed by atoms with Crippen LogP contribution >= 0.6 is 0 Å². The largest absolute Gasteiger partial charge is 0.497 e. The summed E-state index contributed by atoms with van der Waals surface area (Å²) in [6.45, 7) is 0.338. The highest BCUT2D eigenvalue weighted by Crippen LogP contribution is 2.30. The number of nitrogens with one attached hydrogen (secondary N) is 3. The van der Waals surface area contributed by atoms with Crippen LogP contribution in [0.5, 0.6) is 5.75 Å². The van der Waals surface area contributed by atoms with Crippen LogP contribution in [0.15, 0.2) is 109 Å². The number of aromatic amines is 1. The highest BCUT2D eigenvalue weighted by atomic mass is 16.6. The molecule has 3 N–H and O–H groups in total. The van der Waals surface area contributed by atoms with E-state index >= 15 is 0 Å². The molecule has 48 heavy (non-hydrogen) atoms. The minimum atomic E-state index is -0.978. The number of ether oxygens (including phenoxy) is 3. The van der Waals surface area contributed by atoms with Crippen molar-refractivity contribution in [1.82, 2.24) is 20.3 Å². The van der Waals surface area contributed by atoms with E-state index in [4.69, 9.17) is 19.2 Å². The van der Waals surface area contributed by atoms with E-state index in [0.717, 1.165) is 44.4 Å². The topological polar surface area (TPSA) is 131 Å². The van der Waals surface area contributed by atoms with Crippen LogP contribution in [0.3, 0.4) is 0 Å². The Labute approximate surface area is 277 Å². The molecule has 11 heteroatoms. The number of aromatic nitrogens is 3. The number of anilines is 3. The van der Waals surface area contributed by atoms with Gasteiger partial charge in [-0.3, -0.25) is 0 Å². The summed E-state index contributed by atoms with van der Waals surface area (Å²) in [7, 11) is 3.57. The fraction of sp³-hybridized carbons (Fsp3) is 0.189. The molecule has 0 spiro atoms. The number of benzene rings is 4. The first kappa shape index (κ1) is 31.9. The van der Waals surface area contributed by atoms with Crippen molar-refractivity contribution in [3.05, 3.63) is 120 Å². The second-order valence-electron chi connectivity index (χ2n) is 11.1. The Bertz CT molecular complexity index is 2000. The van der Waals surface area contributed by atoms with Gasteiger partial charge in [0, 0.05) is 41.6 Å². The van der Waals surface area contributed by atoms with Crippen LogP contribution in [0.25, 0.3) is 21.8 Å². The zero-order chi connectivity index (χ0) is 33.3. The summed E-state index contributed by atoms with van der Waals surface area (Å²) >= 11 is 0. The van der Waals surface area contributed by atoms with E-state index in [1.165, 1.54) is 0 Å². The SMILES string of the molecule is COc1ccc(N(C)c2nc(NCCOC(=O)C(Cc3c[nH]c4ccccc34)NC(=O)OCc3ccccc3)nc3ccccc23)cc1. The third kappa shape index (κ3) is 7.64. The van der Waals surface area contributed by atoms with Gasteiger partial charge in [-0.15, -0.1) is 0 Å². The Morgan fingerprint density at radius 1 is 0.854 bits per heavy atom. The Morgan fingerprint density at radius 3 is 2.38 bits per heavy atom. The van der Waals surface area contributed by atoms with Gasteiger partial charge in [0.2, 0.25) is 5.95 Å². The van der Waals surface area contributed by atoms with Gasteiger partial charge in [-0.2, -0.15) is 4.98 Å². The molecule has 11 nitrogen and oxygen atoms in total. The van der Waals surface area contributed by atoms with Gasteiger partial charge in [-0.1, -0.05) is 60.7 Å². The third-order valence-electron chi connectivity index (χ3n) is 7.88. The van der Waals surface area contributed by atoms with E-state index in [1.54, 1.807) is 7.11 Å². The number of rotatable bonds is 13. The number of hydrogen-bond acceptors (Lipinski definition) is 9. The normalized spacial score (nSPS) is 11.5. The molecule has 0 aliphatic heterocycles. The van der Waals surface area contributed by atoms with E-state index < -0.39 is 18.1 Å². The maximum Gasteiger partial charge on any atom is 0.408 e. The molecule has 0 saturated heterocycles. The number of methoxy groups -OCH3 is 1. The van der Waals surface area contributed by atoms with Gasteiger partial charge in [0.25, 0.3) is 0 Å². The molecular formula is C37H36N6O5. The molecule has 0 fully saturated rings. The molecular weight excluding hydrogens is 608 g/mol. The predicted molar refractivity (Wildman–Crippen MR) is 186 cm³/mol. The van der Waals surface area contributed by atoms with Gasteiger partial charge in [0.1, 0.15) is 30.8 Å². The zero-order valence-corrected chi connectivity index (χ0v) is 26.7. The summed E-state index contributed by atoms with van der Waals surface area (Å²) in [5.41, 5.74) is 4.33. The van der Waals surface area contributed by atoms with Crippen molar-refractivity contribution in [2.24, 2.45) is 0 Å². The average Bonchev–Trinajstić information content (AvgIpc) is 3.54. The predicted octanol–water partition coefficient (Wildman–Crippen LogP) is 6.38. The second kappa shape index (κ2) is 15.0. The molecule has 0 aliphatic carbocycles. The Hall–Kier alpha value is -6.10. The summed E-state index contributed by atoms with van der Waals surface area (Å²) in [5, 5.41) is 7.73. The van der Waals surface area contributed by atoms with E-state index in [9.17, 15) is 9.59 Å². The van der Waals surface area contributed by atoms with Gasteiger partial charge >= 0.3 is 12.1 Å². The molecule has 0 aliphatic rings. The maximum absolute atomic E-state index is 13.4. The van der Waals surface area contributed by atoms with Crippen LogP contribution in [0.4, 0.5) is 22.2 Å².